The number of carbonyl (C=O) groups is 1. The molecule has 32 heavy (non-hydrogen) atoms. The number of methoxy groups -OCH3 is 2. The number of amides is 1. The van der Waals surface area contributed by atoms with Crippen molar-refractivity contribution in [3.63, 3.8) is 0 Å². The van der Waals surface area contributed by atoms with Gasteiger partial charge in [-0.05, 0) is 24.3 Å². The van der Waals surface area contributed by atoms with Gasteiger partial charge in [-0.15, -0.1) is 16.8 Å². The minimum absolute atomic E-state index is 0.135. The van der Waals surface area contributed by atoms with Crippen molar-refractivity contribution in [1.29, 1.82) is 0 Å². The largest absolute Gasteiger partial charge is 0.497 e. The summed E-state index contributed by atoms with van der Waals surface area (Å²) in [6, 6.07) is 12.4. The van der Waals surface area contributed by atoms with Crippen LogP contribution in [0, 0.1) is 0 Å². The van der Waals surface area contributed by atoms with Gasteiger partial charge < -0.3 is 19.5 Å². The average molecular weight is 475 g/mol. The second-order valence-corrected chi connectivity index (χ2v) is 7.77. The number of allylic oxidation sites excluding steroid dienone is 1. The number of hydrogen-bond donors (Lipinski definition) is 1. The molecule has 1 aromatic heterocycles. The molecule has 0 radical (unpaired) electrons. The SMILES string of the molecule is C=CCn1c(COc2ccccc2Cl)nnc1SCC(=O)Nc1ccc(OC)cc1OC. The molecule has 0 spiro atoms. The Balaban J connectivity index is 1.64. The van der Waals surface area contributed by atoms with Gasteiger partial charge in [0.15, 0.2) is 11.0 Å². The average Bonchev–Trinajstić information content (AvgIpc) is 3.19. The summed E-state index contributed by atoms with van der Waals surface area (Å²) in [7, 11) is 3.10. The van der Waals surface area contributed by atoms with E-state index in [4.69, 9.17) is 25.8 Å². The Labute approximate surface area is 195 Å². The number of benzene rings is 2. The fourth-order valence-corrected chi connectivity index (χ4v) is 3.72. The lowest BCUT2D eigenvalue weighted by Gasteiger charge is -2.12. The summed E-state index contributed by atoms with van der Waals surface area (Å²) in [5.41, 5.74) is 0.556. The summed E-state index contributed by atoms with van der Waals surface area (Å²) in [6.07, 6.45) is 1.73. The number of thioether (sulfide) groups is 1. The van der Waals surface area contributed by atoms with Gasteiger partial charge in [0.25, 0.3) is 0 Å². The van der Waals surface area contributed by atoms with Gasteiger partial charge in [0.05, 0.1) is 30.7 Å². The first kappa shape index (κ1) is 23.5. The number of anilines is 1. The van der Waals surface area contributed by atoms with Gasteiger partial charge in [0, 0.05) is 12.6 Å². The molecular formula is C22H23ClN4O4S. The molecule has 0 fully saturated rings. The molecule has 1 amide bonds. The van der Waals surface area contributed by atoms with Crippen molar-refractivity contribution in [2.45, 2.75) is 18.3 Å². The summed E-state index contributed by atoms with van der Waals surface area (Å²) < 4.78 is 18.1. The Morgan fingerprint density at radius 1 is 1.19 bits per heavy atom. The van der Waals surface area contributed by atoms with Crippen LogP contribution in [0.2, 0.25) is 5.02 Å². The van der Waals surface area contributed by atoms with E-state index in [2.05, 4.69) is 22.1 Å². The lowest BCUT2D eigenvalue weighted by atomic mass is 10.2. The molecule has 0 bridgehead atoms. The van der Waals surface area contributed by atoms with Crippen LogP contribution < -0.4 is 19.5 Å². The number of hydrogen-bond acceptors (Lipinski definition) is 7. The van der Waals surface area contributed by atoms with Gasteiger partial charge in [-0.3, -0.25) is 9.36 Å². The zero-order valence-electron chi connectivity index (χ0n) is 17.7. The predicted molar refractivity (Wildman–Crippen MR) is 125 cm³/mol. The van der Waals surface area contributed by atoms with E-state index in [1.807, 2.05) is 16.7 Å². The number of rotatable bonds is 11. The monoisotopic (exact) mass is 474 g/mol. The molecular weight excluding hydrogens is 452 g/mol. The fraction of sp³-hybridized carbons (Fsp3) is 0.227. The smallest absolute Gasteiger partial charge is 0.234 e. The standard InChI is InChI=1S/C22H23ClN4O4S/c1-4-11-27-20(13-31-18-8-6-5-7-16(18)23)25-26-22(27)32-14-21(28)24-17-10-9-15(29-2)12-19(17)30-3/h4-10,12H,1,11,13-14H2,2-3H3,(H,24,28). The zero-order chi connectivity index (χ0) is 22.9. The minimum atomic E-state index is -0.208. The van der Waals surface area contributed by atoms with Gasteiger partial charge in [0.1, 0.15) is 23.9 Å². The third-order valence-corrected chi connectivity index (χ3v) is 5.59. The lowest BCUT2D eigenvalue weighted by molar-refractivity contribution is -0.113. The van der Waals surface area contributed by atoms with Crippen LogP contribution in [0.15, 0.2) is 60.3 Å². The Kier molecular flexibility index (Phi) is 8.41. The molecule has 0 saturated carbocycles. The van der Waals surface area contributed by atoms with Crippen LogP contribution in [0.3, 0.4) is 0 Å². The van der Waals surface area contributed by atoms with Crippen LogP contribution in [0.25, 0.3) is 0 Å². The number of aromatic nitrogens is 3. The van der Waals surface area contributed by atoms with E-state index < -0.39 is 0 Å². The summed E-state index contributed by atoms with van der Waals surface area (Å²) >= 11 is 7.40. The minimum Gasteiger partial charge on any atom is -0.497 e. The second-order valence-electron chi connectivity index (χ2n) is 6.42. The van der Waals surface area contributed by atoms with Crippen LogP contribution in [-0.2, 0) is 17.9 Å². The van der Waals surface area contributed by atoms with Crippen molar-refractivity contribution in [1.82, 2.24) is 14.8 Å². The van der Waals surface area contributed by atoms with E-state index in [9.17, 15) is 4.79 Å². The van der Waals surface area contributed by atoms with E-state index in [1.54, 1.807) is 43.5 Å². The summed E-state index contributed by atoms with van der Waals surface area (Å²) in [5.74, 6) is 2.24. The van der Waals surface area contributed by atoms with Crippen LogP contribution in [0.5, 0.6) is 17.2 Å². The molecule has 8 nitrogen and oxygen atoms in total. The Morgan fingerprint density at radius 3 is 2.72 bits per heavy atom. The molecule has 0 unspecified atom stereocenters. The van der Waals surface area contributed by atoms with Gasteiger partial charge in [-0.25, -0.2) is 0 Å². The van der Waals surface area contributed by atoms with Crippen molar-refractivity contribution in [3.05, 3.63) is 66.0 Å². The molecule has 0 aliphatic rings. The summed E-state index contributed by atoms with van der Waals surface area (Å²) in [5, 5.41) is 12.3. The Bertz CT molecular complexity index is 1090. The van der Waals surface area contributed by atoms with E-state index >= 15 is 0 Å². The highest BCUT2D eigenvalue weighted by molar-refractivity contribution is 7.99. The van der Waals surface area contributed by atoms with E-state index in [1.165, 1.54) is 18.9 Å². The molecule has 10 heteroatoms. The molecule has 0 atom stereocenters. The first-order valence-corrected chi connectivity index (χ1v) is 11.0. The molecule has 0 aliphatic carbocycles. The summed E-state index contributed by atoms with van der Waals surface area (Å²) in [4.78, 5) is 12.5. The van der Waals surface area contributed by atoms with Crippen LogP contribution in [0.4, 0.5) is 5.69 Å². The number of ether oxygens (including phenoxy) is 3. The van der Waals surface area contributed by atoms with Gasteiger partial charge in [-0.2, -0.15) is 0 Å². The molecule has 2 aromatic carbocycles. The second kappa shape index (κ2) is 11.4. The molecule has 1 N–H and O–H groups in total. The third-order valence-electron chi connectivity index (χ3n) is 4.31. The van der Waals surface area contributed by atoms with Crippen molar-refractivity contribution in [2.75, 3.05) is 25.3 Å². The maximum absolute atomic E-state index is 12.5. The number of nitrogens with zero attached hydrogens (tertiary/aromatic N) is 3. The van der Waals surface area contributed by atoms with E-state index in [-0.39, 0.29) is 18.3 Å². The normalized spacial score (nSPS) is 10.5. The van der Waals surface area contributed by atoms with E-state index in [0.717, 1.165) is 0 Å². The molecule has 0 saturated heterocycles. The van der Waals surface area contributed by atoms with E-state index in [0.29, 0.717) is 45.5 Å². The van der Waals surface area contributed by atoms with Gasteiger partial charge >= 0.3 is 0 Å². The third kappa shape index (κ3) is 5.95. The number of para-hydroxylation sites is 1. The van der Waals surface area contributed by atoms with Gasteiger partial charge in [-0.1, -0.05) is 41.6 Å². The van der Waals surface area contributed by atoms with Crippen molar-refractivity contribution >= 4 is 35.0 Å². The molecule has 0 aliphatic heterocycles. The molecule has 168 valence electrons. The topological polar surface area (TPSA) is 87.5 Å². The highest BCUT2D eigenvalue weighted by atomic mass is 35.5. The Morgan fingerprint density at radius 2 is 2.00 bits per heavy atom. The first-order chi connectivity index (χ1) is 15.5. The lowest BCUT2D eigenvalue weighted by Crippen LogP contribution is -2.15. The van der Waals surface area contributed by atoms with Crippen molar-refractivity contribution in [2.24, 2.45) is 0 Å². The van der Waals surface area contributed by atoms with Crippen molar-refractivity contribution in [3.8, 4) is 17.2 Å². The van der Waals surface area contributed by atoms with Gasteiger partial charge in [0.2, 0.25) is 5.91 Å². The fourth-order valence-electron chi connectivity index (χ4n) is 2.77. The number of halogens is 1. The van der Waals surface area contributed by atoms with Crippen LogP contribution >= 0.6 is 23.4 Å². The quantitative estimate of drug-likeness (QED) is 0.324. The van der Waals surface area contributed by atoms with Crippen LogP contribution in [-0.4, -0.2) is 40.6 Å². The predicted octanol–water partition coefficient (Wildman–Crippen LogP) is 4.44. The Hall–Kier alpha value is -3.17. The highest BCUT2D eigenvalue weighted by Gasteiger charge is 2.16. The zero-order valence-corrected chi connectivity index (χ0v) is 19.3. The first-order valence-electron chi connectivity index (χ1n) is 9.60. The van der Waals surface area contributed by atoms with Crippen molar-refractivity contribution < 1.29 is 19.0 Å². The van der Waals surface area contributed by atoms with Crippen LogP contribution in [0.1, 0.15) is 5.82 Å². The highest BCUT2D eigenvalue weighted by Crippen LogP contribution is 2.29. The molecule has 3 aromatic rings. The number of nitrogens with one attached hydrogen (secondary N) is 1. The number of carbonyl (C=O) groups excluding carboxylic acids is 1. The maximum atomic E-state index is 12.5. The summed E-state index contributed by atoms with van der Waals surface area (Å²) in [6.45, 7) is 4.44. The molecule has 3 rings (SSSR count). The molecule has 1 heterocycles. The maximum Gasteiger partial charge on any atom is 0.234 e.